The minimum absolute atomic E-state index is 0.0113. The number of halogens is 1. The van der Waals surface area contributed by atoms with Gasteiger partial charge in [-0.3, -0.25) is 4.79 Å². The van der Waals surface area contributed by atoms with E-state index in [1.54, 1.807) is 18.2 Å². The van der Waals surface area contributed by atoms with Gasteiger partial charge in [-0.05, 0) is 18.2 Å². The van der Waals surface area contributed by atoms with Crippen molar-refractivity contribution in [2.45, 2.75) is 0 Å². The zero-order valence-corrected chi connectivity index (χ0v) is 7.97. The fraction of sp³-hybridized carbons (Fsp3) is 0.222. The van der Waals surface area contributed by atoms with Crippen molar-refractivity contribution in [2.24, 2.45) is 5.73 Å². The molecule has 13 heavy (non-hydrogen) atoms. The van der Waals surface area contributed by atoms with Crippen molar-refractivity contribution in [1.29, 1.82) is 0 Å². The summed E-state index contributed by atoms with van der Waals surface area (Å²) in [5.74, 6) is 0.416. The van der Waals surface area contributed by atoms with E-state index in [2.05, 4.69) is 0 Å². The number of methoxy groups -OCH3 is 1. The van der Waals surface area contributed by atoms with Gasteiger partial charge in [0.05, 0.1) is 18.7 Å². The van der Waals surface area contributed by atoms with Gasteiger partial charge in [-0.1, -0.05) is 11.6 Å². The van der Waals surface area contributed by atoms with Crippen molar-refractivity contribution in [3.05, 3.63) is 28.8 Å². The summed E-state index contributed by atoms with van der Waals surface area (Å²) in [6.07, 6.45) is 0. The third-order valence-electron chi connectivity index (χ3n) is 1.66. The summed E-state index contributed by atoms with van der Waals surface area (Å²) in [5.41, 5.74) is 5.71. The van der Waals surface area contributed by atoms with Crippen LogP contribution in [0.2, 0.25) is 5.02 Å². The molecule has 0 saturated heterocycles. The Morgan fingerprint density at radius 2 is 2.31 bits per heavy atom. The number of benzene rings is 1. The Bertz CT molecular complexity index is 325. The molecule has 0 spiro atoms. The summed E-state index contributed by atoms with van der Waals surface area (Å²) in [4.78, 5) is 11.1. The molecule has 0 aliphatic carbocycles. The molecule has 1 aromatic rings. The van der Waals surface area contributed by atoms with Crippen molar-refractivity contribution in [1.82, 2.24) is 0 Å². The maximum Gasteiger partial charge on any atom is 0.176 e. The highest BCUT2D eigenvalue weighted by atomic mass is 35.5. The summed E-state index contributed by atoms with van der Waals surface area (Å²) in [5, 5.41) is 0.418. The molecule has 0 aliphatic rings. The van der Waals surface area contributed by atoms with Gasteiger partial charge in [0.1, 0.15) is 5.75 Å². The van der Waals surface area contributed by atoms with Gasteiger partial charge >= 0.3 is 0 Å². The van der Waals surface area contributed by atoms with E-state index in [1.807, 2.05) is 0 Å². The minimum Gasteiger partial charge on any atom is -0.495 e. The molecule has 0 atom stereocenters. The predicted molar refractivity (Wildman–Crippen MR) is 51.4 cm³/mol. The van der Waals surface area contributed by atoms with E-state index in [0.717, 1.165) is 0 Å². The Balaban J connectivity index is 3.02. The highest BCUT2D eigenvalue weighted by molar-refractivity contribution is 6.32. The largest absolute Gasteiger partial charge is 0.495 e. The number of rotatable bonds is 3. The lowest BCUT2D eigenvalue weighted by Crippen LogP contribution is -2.13. The summed E-state index contributed by atoms with van der Waals surface area (Å²) in [6.45, 7) is -0.0113. The summed E-state index contributed by atoms with van der Waals surface area (Å²) in [6, 6.07) is 4.83. The molecule has 0 unspecified atom stereocenters. The third-order valence-corrected chi connectivity index (χ3v) is 1.95. The first-order valence-electron chi connectivity index (χ1n) is 3.76. The highest BCUT2D eigenvalue weighted by Gasteiger charge is 2.06. The molecule has 0 radical (unpaired) electrons. The van der Waals surface area contributed by atoms with Gasteiger partial charge in [-0.15, -0.1) is 0 Å². The zero-order valence-electron chi connectivity index (χ0n) is 7.21. The monoisotopic (exact) mass is 199 g/mol. The Morgan fingerprint density at radius 1 is 1.62 bits per heavy atom. The molecule has 0 fully saturated rings. The van der Waals surface area contributed by atoms with Crippen LogP contribution in [0.1, 0.15) is 10.4 Å². The van der Waals surface area contributed by atoms with Gasteiger partial charge in [0.15, 0.2) is 5.78 Å². The van der Waals surface area contributed by atoms with Gasteiger partial charge in [-0.2, -0.15) is 0 Å². The fourth-order valence-corrected chi connectivity index (χ4v) is 1.22. The van der Waals surface area contributed by atoms with Gasteiger partial charge in [0.2, 0.25) is 0 Å². The first-order valence-corrected chi connectivity index (χ1v) is 4.13. The molecule has 1 rings (SSSR count). The van der Waals surface area contributed by atoms with Crippen molar-refractivity contribution in [3.8, 4) is 5.75 Å². The van der Waals surface area contributed by atoms with E-state index in [9.17, 15) is 4.79 Å². The van der Waals surface area contributed by atoms with Crippen LogP contribution in [0, 0.1) is 0 Å². The van der Waals surface area contributed by atoms with Crippen LogP contribution in [-0.2, 0) is 0 Å². The normalized spacial score (nSPS) is 9.77. The summed E-state index contributed by atoms with van der Waals surface area (Å²) >= 11 is 5.81. The quantitative estimate of drug-likeness (QED) is 0.751. The second kappa shape index (κ2) is 4.25. The number of nitrogens with two attached hydrogens (primary N) is 1. The van der Waals surface area contributed by atoms with E-state index in [4.69, 9.17) is 22.1 Å². The molecule has 0 amide bonds. The molecular formula is C9H10ClNO2. The molecular weight excluding hydrogens is 190 g/mol. The van der Waals surface area contributed by atoms with Gasteiger partial charge < -0.3 is 10.5 Å². The molecule has 0 saturated carbocycles. The maximum atomic E-state index is 11.1. The second-order valence-electron chi connectivity index (χ2n) is 2.48. The van der Waals surface area contributed by atoms with Gasteiger partial charge in [0.25, 0.3) is 0 Å². The van der Waals surface area contributed by atoms with Crippen molar-refractivity contribution < 1.29 is 9.53 Å². The highest BCUT2D eigenvalue weighted by Crippen LogP contribution is 2.24. The number of hydrogen-bond acceptors (Lipinski definition) is 3. The van der Waals surface area contributed by atoms with Crippen LogP contribution in [0.3, 0.4) is 0 Å². The first kappa shape index (κ1) is 10.0. The van der Waals surface area contributed by atoms with E-state index in [0.29, 0.717) is 16.3 Å². The number of Topliss-reactive ketones (excluding diaryl/α,β-unsaturated/α-hetero) is 1. The maximum absolute atomic E-state index is 11.1. The number of hydrogen-bond donors (Lipinski definition) is 1. The number of ketones is 1. The fourth-order valence-electron chi connectivity index (χ4n) is 0.958. The van der Waals surface area contributed by atoms with Crippen LogP contribution in [0.25, 0.3) is 0 Å². The lowest BCUT2D eigenvalue weighted by atomic mass is 10.1. The van der Waals surface area contributed by atoms with Gasteiger partial charge in [-0.25, -0.2) is 0 Å². The van der Waals surface area contributed by atoms with Crippen molar-refractivity contribution in [2.75, 3.05) is 13.7 Å². The van der Waals surface area contributed by atoms with Crippen LogP contribution in [-0.4, -0.2) is 19.4 Å². The Labute approximate surface area is 81.4 Å². The average Bonchev–Trinajstić information content (AvgIpc) is 2.16. The minimum atomic E-state index is -0.135. The van der Waals surface area contributed by atoms with Crippen LogP contribution in [0.5, 0.6) is 5.75 Å². The average molecular weight is 200 g/mol. The summed E-state index contributed by atoms with van der Waals surface area (Å²) < 4.78 is 4.94. The van der Waals surface area contributed by atoms with Crippen LogP contribution in [0.4, 0.5) is 0 Å². The SMILES string of the molecule is COc1ccc(C(=O)CN)cc1Cl. The number of carbonyl (C=O) groups excluding carboxylic acids is 1. The molecule has 4 heteroatoms. The predicted octanol–water partition coefficient (Wildman–Crippen LogP) is 1.49. The van der Waals surface area contributed by atoms with Crippen LogP contribution in [0.15, 0.2) is 18.2 Å². The van der Waals surface area contributed by atoms with E-state index in [1.165, 1.54) is 7.11 Å². The molecule has 70 valence electrons. The zero-order chi connectivity index (χ0) is 9.84. The lowest BCUT2D eigenvalue weighted by molar-refractivity contribution is 0.100. The van der Waals surface area contributed by atoms with Crippen molar-refractivity contribution >= 4 is 17.4 Å². The molecule has 0 aliphatic heterocycles. The number of carbonyl (C=O) groups is 1. The van der Waals surface area contributed by atoms with Crippen LogP contribution < -0.4 is 10.5 Å². The molecule has 2 N–H and O–H groups in total. The molecule has 0 aromatic heterocycles. The van der Waals surface area contributed by atoms with E-state index >= 15 is 0 Å². The summed E-state index contributed by atoms with van der Waals surface area (Å²) in [7, 11) is 1.52. The molecule has 1 aromatic carbocycles. The smallest absolute Gasteiger partial charge is 0.176 e. The molecule has 0 heterocycles. The standard InChI is InChI=1S/C9H10ClNO2/c1-13-9-3-2-6(4-7(9)10)8(12)5-11/h2-4H,5,11H2,1H3. The first-order chi connectivity index (χ1) is 6.19. The third kappa shape index (κ3) is 2.20. The van der Waals surface area contributed by atoms with E-state index in [-0.39, 0.29) is 12.3 Å². The Kier molecular flexibility index (Phi) is 3.28. The molecule has 0 bridgehead atoms. The Hall–Kier alpha value is -1.06. The lowest BCUT2D eigenvalue weighted by Gasteiger charge is -2.03. The topological polar surface area (TPSA) is 52.3 Å². The van der Waals surface area contributed by atoms with E-state index < -0.39 is 0 Å². The molecule has 3 nitrogen and oxygen atoms in total. The second-order valence-corrected chi connectivity index (χ2v) is 2.88. The van der Waals surface area contributed by atoms with Gasteiger partial charge in [0, 0.05) is 5.56 Å². The Morgan fingerprint density at radius 3 is 2.77 bits per heavy atom. The number of ether oxygens (including phenoxy) is 1. The van der Waals surface area contributed by atoms with Crippen molar-refractivity contribution in [3.63, 3.8) is 0 Å². The van der Waals surface area contributed by atoms with Crippen LogP contribution >= 0.6 is 11.6 Å².